The molecule has 0 bridgehead atoms. The van der Waals surface area contributed by atoms with Gasteiger partial charge in [-0.05, 0) is 49.4 Å². The maximum Gasteiger partial charge on any atom is 0.291 e. The summed E-state index contributed by atoms with van der Waals surface area (Å²) in [5.41, 5.74) is 2.84. The van der Waals surface area contributed by atoms with Gasteiger partial charge in [-0.3, -0.25) is 14.7 Å². The molecule has 4 heterocycles. The molecule has 198 valence electrons. The number of benzene rings is 2. The maximum absolute atomic E-state index is 13.3. The van der Waals surface area contributed by atoms with Crippen LogP contribution in [0, 0.1) is 0 Å². The first-order valence-electron chi connectivity index (χ1n) is 13.2. The van der Waals surface area contributed by atoms with Crippen LogP contribution in [-0.2, 0) is 16.0 Å². The molecule has 0 aliphatic carbocycles. The Labute approximate surface area is 221 Å². The minimum Gasteiger partial charge on any atom is -0.489 e. The highest BCUT2D eigenvalue weighted by Gasteiger charge is 2.39. The lowest BCUT2D eigenvalue weighted by atomic mass is 9.88. The van der Waals surface area contributed by atoms with Crippen molar-refractivity contribution in [3.8, 4) is 5.75 Å². The number of likely N-dealkylation sites (N-methyl/N-ethyl adjacent to an activating group) is 1. The van der Waals surface area contributed by atoms with E-state index in [9.17, 15) is 9.59 Å². The lowest BCUT2D eigenvalue weighted by Crippen LogP contribution is -2.49. The first-order chi connectivity index (χ1) is 18.5. The number of H-pyrrole nitrogens is 1. The lowest BCUT2D eigenvalue weighted by Gasteiger charge is -2.40. The number of aromatic nitrogens is 3. The summed E-state index contributed by atoms with van der Waals surface area (Å²) in [6, 6.07) is 14.9. The number of hydrogen-bond donors (Lipinski definition) is 2. The van der Waals surface area contributed by atoms with Gasteiger partial charge in [0.2, 0.25) is 5.82 Å². The molecule has 2 amide bonds. The van der Waals surface area contributed by atoms with Gasteiger partial charge in [0.1, 0.15) is 24.2 Å². The SMILES string of the molecule is CN1C(=O)[C@@H](NC(=O)c2n[nH]c(Cc3ccccc3)n2)COc2ccc(N3CCC4(CCCO4)CC3)cc21. The molecule has 38 heavy (non-hydrogen) atoms. The van der Waals surface area contributed by atoms with Crippen LogP contribution in [0.15, 0.2) is 48.5 Å². The Hall–Kier alpha value is -3.92. The summed E-state index contributed by atoms with van der Waals surface area (Å²) in [5, 5.41) is 9.61. The van der Waals surface area contributed by atoms with Crippen LogP contribution in [0.25, 0.3) is 0 Å². The zero-order valence-corrected chi connectivity index (χ0v) is 21.5. The summed E-state index contributed by atoms with van der Waals surface area (Å²) >= 11 is 0. The molecule has 1 spiro atoms. The highest BCUT2D eigenvalue weighted by atomic mass is 16.5. The predicted molar refractivity (Wildman–Crippen MR) is 142 cm³/mol. The van der Waals surface area contributed by atoms with E-state index in [2.05, 4.69) is 25.4 Å². The van der Waals surface area contributed by atoms with E-state index in [1.54, 1.807) is 11.9 Å². The molecule has 2 aromatic carbocycles. The van der Waals surface area contributed by atoms with E-state index in [1.807, 2.05) is 48.5 Å². The van der Waals surface area contributed by atoms with Gasteiger partial charge in [-0.25, -0.2) is 4.98 Å². The maximum atomic E-state index is 13.3. The van der Waals surface area contributed by atoms with E-state index in [4.69, 9.17) is 9.47 Å². The Kier molecular flexibility index (Phi) is 6.49. The van der Waals surface area contributed by atoms with Gasteiger partial charge in [0.15, 0.2) is 0 Å². The number of carbonyl (C=O) groups is 2. The van der Waals surface area contributed by atoms with Crippen LogP contribution in [0.1, 0.15) is 47.7 Å². The summed E-state index contributed by atoms with van der Waals surface area (Å²) in [6.45, 7) is 2.72. The first kappa shape index (κ1) is 24.4. The third kappa shape index (κ3) is 4.83. The zero-order chi connectivity index (χ0) is 26.1. The fourth-order valence-corrected chi connectivity index (χ4v) is 5.60. The summed E-state index contributed by atoms with van der Waals surface area (Å²) in [7, 11) is 1.71. The van der Waals surface area contributed by atoms with Gasteiger partial charge in [0.05, 0.1) is 11.3 Å². The normalized spacial score (nSPS) is 20.7. The van der Waals surface area contributed by atoms with Gasteiger partial charge < -0.3 is 24.6 Å². The van der Waals surface area contributed by atoms with E-state index < -0.39 is 11.9 Å². The number of nitrogens with zero attached hydrogens (tertiary/aromatic N) is 4. The number of rotatable bonds is 5. The summed E-state index contributed by atoms with van der Waals surface area (Å²) in [5.74, 6) is 0.386. The van der Waals surface area contributed by atoms with Crippen LogP contribution < -0.4 is 19.9 Å². The number of nitrogens with one attached hydrogen (secondary N) is 2. The molecule has 10 heteroatoms. The van der Waals surface area contributed by atoms with E-state index in [0.717, 1.165) is 56.6 Å². The molecule has 3 aliphatic rings. The van der Waals surface area contributed by atoms with Crippen molar-refractivity contribution in [3.05, 3.63) is 65.7 Å². The van der Waals surface area contributed by atoms with E-state index in [-0.39, 0.29) is 23.9 Å². The molecule has 3 aromatic rings. The Bertz CT molecular complexity index is 1310. The van der Waals surface area contributed by atoms with Crippen LogP contribution >= 0.6 is 0 Å². The quantitative estimate of drug-likeness (QED) is 0.536. The van der Waals surface area contributed by atoms with Gasteiger partial charge in [-0.1, -0.05) is 30.3 Å². The number of fused-ring (bicyclic) bond motifs is 1. The molecule has 6 rings (SSSR count). The Morgan fingerprint density at radius 3 is 2.74 bits per heavy atom. The van der Waals surface area contributed by atoms with Crippen LogP contribution in [-0.4, -0.2) is 72.0 Å². The molecule has 0 radical (unpaired) electrons. The molecule has 1 aromatic heterocycles. The number of anilines is 2. The molecule has 2 saturated heterocycles. The standard InChI is InChI=1S/C28H32N6O4/c1-33-22-17-20(34-13-11-28(12-14-34)10-5-15-38-28)8-9-23(22)37-18-21(27(33)36)29-26(35)25-30-24(31-32-25)16-19-6-3-2-4-7-19/h2-4,6-9,17,21H,5,10-16,18H2,1H3,(H,29,35)(H,30,31,32)/t21-/m0/s1. The second-order valence-corrected chi connectivity index (χ2v) is 10.3. The number of amides is 2. The number of hydrogen-bond acceptors (Lipinski definition) is 7. The molecular weight excluding hydrogens is 484 g/mol. The van der Waals surface area contributed by atoms with E-state index >= 15 is 0 Å². The van der Waals surface area contributed by atoms with Gasteiger partial charge >= 0.3 is 0 Å². The molecule has 2 fully saturated rings. The highest BCUT2D eigenvalue weighted by Crippen LogP contribution is 2.39. The number of carbonyl (C=O) groups excluding carboxylic acids is 2. The number of aromatic amines is 1. The van der Waals surface area contributed by atoms with Crippen LogP contribution in [0.2, 0.25) is 0 Å². The molecule has 10 nitrogen and oxygen atoms in total. The summed E-state index contributed by atoms with van der Waals surface area (Å²) in [4.78, 5) is 34.4. The van der Waals surface area contributed by atoms with Crippen molar-refractivity contribution >= 4 is 23.2 Å². The fraction of sp³-hybridized carbons (Fsp3) is 0.429. The van der Waals surface area contributed by atoms with Crippen molar-refractivity contribution in [1.82, 2.24) is 20.5 Å². The van der Waals surface area contributed by atoms with Crippen LogP contribution in [0.5, 0.6) is 5.75 Å². The lowest BCUT2D eigenvalue weighted by molar-refractivity contribution is -0.120. The minimum absolute atomic E-state index is 0.00968. The van der Waals surface area contributed by atoms with Crippen molar-refractivity contribution in [2.45, 2.75) is 43.7 Å². The van der Waals surface area contributed by atoms with Gasteiger partial charge in [-0.15, -0.1) is 5.10 Å². The molecule has 2 N–H and O–H groups in total. The van der Waals surface area contributed by atoms with Crippen molar-refractivity contribution in [2.24, 2.45) is 0 Å². The third-order valence-electron chi connectivity index (χ3n) is 7.82. The number of ether oxygens (including phenoxy) is 2. The Balaban J connectivity index is 1.11. The smallest absolute Gasteiger partial charge is 0.291 e. The average molecular weight is 517 g/mol. The molecule has 3 aliphatic heterocycles. The van der Waals surface area contributed by atoms with Crippen molar-refractivity contribution < 1.29 is 19.1 Å². The summed E-state index contributed by atoms with van der Waals surface area (Å²) in [6.07, 6.45) is 4.84. The van der Waals surface area contributed by atoms with Crippen molar-refractivity contribution in [1.29, 1.82) is 0 Å². The third-order valence-corrected chi connectivity index (χ3v) is 7.82. The second kappa shape index (κ2) is 10.1. The van der Waals surface area contributed by atoms with Crippen molar-refractivity contribution in [2.75, 3.05) is 43.2 Å². The Morgan fingerprint density at radius 2 is 1.97 bits per heavy atom. The monoisotopic (exact) mass is 516 g/mol. The topological polar surface area (TPSA) is 113 Å². The molecule has 0 unspecified atom stereocenters. The van der Waals surface area contributed by atoms with E-state index in [0.29, 0.717) is 23.7 Å². The van der Waals surface area contributed by atoms with E-state index in [1.165, 1.54) is 0 Å². The minimum atomic E-state index is -0.867. The molecule has 0 saturated carbocycles. The highest BCUT2D eigenvalue weighted by molar-refractivity contribution is 6.02. The van der Waals surface area contributed by atoms with Gasteiger partial charge in [0.25, 0.3) is 11.8 Å². The first-order valence-corrected chi connectivity index (χ1v) is 13.2. The van der Waals surface area contributed by atoms with Gasteiger partial charge in [0, 0.05) is 38.9 Å². The predicted octanol–water partition coefficient (Wildman–Crippen LogP) is 2.70. The van der Waals surface area contributed by atoms with Crippen molar-refractivity contribution in [3.63, 3.8) is 0 Å². The largest absolute Gasteiger partial charge is 0.489 e. The second-order valence-electron chi connectivity index (χ2n) is 10.3. The fourth-order valence-electron chi connectivity index (χ4n) is 5.60. The average Bonchev–Trinajstić information content (AvgIpc) is 3.59. The molecule has 1 atom stereocenters. The van der Waals surface area contributed by atoms with Crippen LogP contribution in [0.4, 0.5) is 11.4 Å². The van der Waals surface area contributed by atoms with Crippen LogP contribution in [0.3, 0.4) is 0 Å². The molecular formula is C28H32N6O4. The zero-order valence-electron chi connectivity index (χ0n) is 21.5. The Morgan fingerprint density at radius 1 is 1.16 bits per heavy atom. The van der Waals surface area contributed by atoms with Gasteiger partial charge in [-0.2, -0.15) is 0 Å². The number of piperidine rings is 1. The summed E-state index contributed by atoms with van der Waals surface area (Å²) < 4.78 is 12.0.